The number of hydrogen-bond acceptors (Lipinski definition) is 1. The zero-order valence-electron chi connectivity index (χ0n) is 11.8. The van der Waals surface area contributed by atoms with Crippen LogP contribution in [0.15, 0.2) is 0 Å². The van der Waals surface area contributed by atoms with Crippen molar-refractivity contribution >= 4 is 0 Å². The molecule has 2 unspecified atom stereocenters. The quantitative estimate of drug-likeness (QED) is 0.627. The van der Waals surface area contributed by atoms with E-state index in [4.69, 9.17) is 0 Å². The summed E-state index contributed by atoms with van der Waals surface area (Å²) < 4.78 is 0. The second-order valence-corrected chi connectivity index (χ2v) is 6.11. The summed E-state index contributed by atoms with van der Waals surface area (Å²) in [4.78, 5) is 0. The number of hydrogen-bond donors (Lipinski definition) is 1. The van der Waals surface area contributed by atoms with Gasteiger partial charge in [-0.15, -0.1) is 0 Å². The molecule has 17 heavy (non-hydrogen) atoms. The van der Waals surface area contributed by atoms with Crippen LogP contribution in [0.4, 0.5) is 0 Å². The minimum Gasteiger partial charge on any atom is -0.393 e. The summed E-state index contributed by atoms with van der Waals surface area (Å²) in [5, 5.41) is 9.94. The summed E-state index contributed by atoms with van der Waals surface area (Å²) in [6.07, 6.45) is 17.2. The standard InChI is InChI=1S/C16H32O/c1-15-12-10-8-6-4-2-3-5-7-9-11-13-16(17)14-15/h15-17H,2-14H2,1H3. The second kappa shape index (κ2) is 9.94. The van der Waals surface area contributed by atoms with E-state index in [9.17, 15) is 5.11 Å². The number of aliphatic hydroxyl groups is 1. The summed E-state index contributed by atoms with van der Waals surface area (Å²) in [5.41, 5.74) is 0. The van der Waals surface area contributed by atoms with Crippen molar-refractivity contribution in [3.8, 4) is 0 Å². The van der Waals surface area contributed by atoms with E-state index in [1.807, 2.05) is 0 Å². The van der Waals surface area contributed by atoms with Gasteiger partial charge < -0.3 is 5.11 Å². The van der Waals surface area contributed by atoms with Crippen molar-refractivity contribution < 1.29 is 5.11 Å². The molecule has 1 rings (SSSR count). The molecule has 1 nitrogen and oxygen atoms in total. The highest BCUT2D eigenvalue weighted by atomic mass is 16.3. The Bertz CT molecular complexity index is 149. The van der Waals surface area contributed by atoms with Crippen molar-refractivity contribution in [2.75, 3.05) is 0 Å². The topological polar surface area (TPSA) is 20.2 Å². The molecule has 1 N–H and O–H groups in total. The fourth-order valence-electron chi connectivity index (χ4n) is 2.99. The monoisotopic (exact) mass is 240 g/mol. The van der Waals surface area contributed by atoms with Crippen LogP contribution in [0.25, 0.3) is 0 Å². The van der Waals surface area contributed by atoms with Crippen LogP contribution in [0.3, 0.4) is 0 Å². The molecule has 102 valence electrons. The molecule has 0 amide bonds. The zero-order chi connectivity index (χ0) is 12.3. The third-order valence-corrected chi connectivity index (χ3v) is 4.16. The van der Waals surface area contributed by atoms with Gasteiger partial charge in [0.1, 0.15) is 0 Å². The van der Waals surface area contributed by atoms with E-state index < -0.39 is 0 Å². The third-order valence-electron chi connectivity index (χ3n) is 4.16. The van der Waals surface area contributed by atoms with Crippen LogP contribution >= 0.6 is 0 Å². The molecule has 1 aliphatic rings. The average Bonchev–Trinajstić information content (AvgIpc) is 2.30. The Morgan fingerprint density at radius 1 is 0.647 bits per heavy atom. The fraction of sp³-hybridized carbons (Fsp3) is 1.00. The van der Waals surface area contributed by atoms with Crippen LogP contribution in [0.5, 0.6) is 0 Å². The van der Waals surface area contributed by atoms with E-state index in [2.05, 4.69) is 6.92 Å². The molecule has 0 aromatic carbocycles. The third kappa shape index (κ3) is 8.65. The van der Waals surface area contributed by atoms with Gasteiger partial charge in [-0.1, -0.05) is 77.6 Å². The first-order valence-corrected chi connectivity index (χ1v) is 7.97. The Morgan fingerprint density at radius 3 is 1.59 bits per heavy atom. The first-order valence-electron chi connectivity index (χ1n) is 7.97. The lowest BCUT2D eigenvalue weighted by atomic mass is 9.94. The van der Waals surface area contributed by atoms with Crippen molar-refractivity contribution in [3.05, 3.63) is 0 Å². The van der Waals surface area contributed by atoms with Gasteiger partial charge in [0, 0.05) is 0 Å². The molecule has 0 saturated heterocycles. The van der Waals surface area contributed by atoms with Crippen molar-refractivity contribution in [1.82, 2.24) is 0 Å². The maximum Gasteiger partial charge on any atom is 0.0542 e. The smallest absolute Gasteiger partial charge is 0.0542 e. The number of rotatable bonds is 0. The van der Waals surface area contributed by atoms with E-state index >= 15 is 0 Å². The van der Waals surface area contributed by atoms with Crippen molar-refractivity contribution in [1.29, 1.82) is 0 Å². The van der Waals surface area contributed by atoms with Crippen LogP contribution in [0.2, 0.25) is 0 Å². The lowest BCUT2D eigenvalue weighted by molar-refractivity contribution is 0.130. The van der Waals surface area contributed by atoms with Gasteiger partial charge >= 0.3 is 0 Å². The molecule has 1 aliphatic carbocycles. The van der Waals surface area contributed by atoms with Gasteiger partial charge in [0.05, 0.1) is 6.10 Å². The van der Waals surface area contributed by atoms with E-state index in [1.165, 1.54) is 70.6 Å². The minimum absolute atomic E-state index is 0.0323. The normalized spacial score (nSPS) is 31.4. The molecule has 0 aromatic rings. The SMILES string of the molecule is CC1CCCCCCCCCCCCC(O)C1. The van der Waals surface area contributed by atoms with Crippen LogP contribution in [0, 0.1) is 5.92 Å². The second-order valence-electron chi connectivity index (χ2n) is 6.11. The molecule has 2 atom stereocenters. The molecule has 0 radical (unpaired) electrons. The van der Waals surface area contributed by atoms with E-state index in [0.29, 0.717) is 0 Å². The molecule has 1 heteroatoms. The molecule has 1 fully saturated rings. The van der Waals surface area contributed by atoms with Crippen molar-refractivity contribution in [2.45, 2.75) is 96.5 Å². The molecule has 0 aliphatic heterocycles. The van der Waals surface area contributed by atoms with E-state index in [0.717, 1.165) is 18.8 Å². The Hall–Kier alpha value is -0.0400. The molecular weight excluding hydrogens is 208 g/mol. The molecule has 0 spiro atoms. The maximum atomic E-state index is 9.94. The molecule has 0 aromatic heterocycles. The molecule has 0 bridgehead atoms. The first-order chi connectivity index (χ1) is 8.29. The van der Waals surface area contributed by atoms with Gasteiger partial charge in [-0.3, -0.25) is 0 Å². The highest BCUT2D eigenvalue weighted by Gasteiger charge is 2.10. The zero-order valence-corrected chi connectivity index (χ0v) is 11.8. The largest absolute Gasteiger partial charge is 0.393 e. The fourth-order valence-corrected chi connectivity index (χ4v) is 2.99. The Kier molecular flexibility index (Phi) is 8.78. The molecular formula is C16H32O. The van der Waals surface area contributed by atoms with Crippen molar-refractivity contribution in [2.24, 2.45) is 5.92 Å². The Labute approximate surface area is 108 Å². The van der Waals surface area contributed by atoms with Gasteiger partial charge in [0.2, 0.25) is 0 Å². The van der Waals surface area contributed by atoms with E-state index in [-0.39, 0.29) is 6.10 Å². The van der Waals surface area contributed by atoms with Gasteiger partial charge in [0.25, 0.3) is 0 Å². The predicted octanol–water partition coefficient (Wildman–Crippen LogP) is 5.07. The van der Waals surface area contributed by atoms with Gasteiger partial charge in [-0.2, -0.15) is 0 Å². The molecule has 1 saturated carbocycles. The van der Waals surface area contributed by atoms with Crippen LogP contribution in [-0.2, 0) is 0 Å². The Balaban J connectivity index is 2.21. The highest BCUT2D eigenvalue weighted by Crippen LogP contribution is 2.20. The van der Waals surface area contributed by atoms with Crippen LogP contribution in [0.1, 0.15) is 90.4 Å². The minimum atomic E-state index is -0.0323. The van der Waals surface area contributed by atoms with Crippen LogP contribution in [-0.4, -0.2) is 11.2 Å². The van der Waals surface area contributed by atoms with Crippen molar-refractivity contribution in [3.63, 3.8) is 0 Å². The van der Waals surface area contributed by atoms with Gasteiger partial charge in [-0.05, 0) is 18.8 Å². The summed E-state index contributed by atoms with van der Waals surface area (Å²) in [5.74, 6) is 0.718. The maximum absolute atomic E-state index is 9.94. The van der Waals surface area contributed by atoms with E-state index in [1.54, 1.807) is 0 Å². The highest BCUT2D eigenvalue weighted by molar-refractivity contribution is 4.63. The number of aliphatic hydroxyl groups excluding tert-OH is 1. The van der Waals surface area contributed by atoms with Gasteiger partial charge in [-0.25, -0.2) is 0 Å². The summed E-state index contributed by atoms with van der Waals surface area (Å²) >= 11 is 0. The predicted molar refractivity (Wildman–Crippen MR) is 75.2 cm³/mol. The average molecular weight is 240 g/mol. The summed E-state index contributed by atoms with van der Waals surface area (Å²) in [6.45, 7) is 2.31. The summed E-state index contributed by atoms with van der Waals surface area (Å²) in [7, 11) is 0. The van der Waals surface area contributed by atoms with Gasteiger partial charge in [0.15, 0.2) is 0 Å². The lowest BCUT2D eigenvalue weighted by Crippen LogP contribution is -2.11. The summed E-state index contributed by atoms with van der Waals surface area (Å²) in [6, 6.07) is 0. The lowest BCUT2D eigenvalue weighted by Gasteiger charge is -2.16. The molecule has 0 heterocycles. The Morgan fingerprint density at radius 2 is 1.06 bits per heavy atom. The first kappa shape index (κ1) is 15.0. The van der Waals surface area contributed by atoms with Crippen LogP contribution < -0.4 is 0 Å².